The fourth-order valence-electron chi connectivity index (χ4n) is 6.79. The Morgan fingerprint density at radius 3 is 2.80 bits per heavy atom. The van der Waals surface area contributed by atoms with E-state index in [1.54, 1.807) is 0 Å². The van der Waals surface area contributed by atoms with Crippen LogP contribution in [0.4, 0.5) is 0 Å². The van der Waals surface area contributed by atoms with Crippen molar-refractivity contribution in [2.45, 2.75) is 77.2 Å². The Balaban J connectivity index is 1.54. The molecule has 0 saturated carbocycles. The molecule has 0 bridgehead atoms. The van der Waals surface area contributed by atoms with Gasteiger partial charge in [-0.1, -0.05) is 55.4 Å². The summed E-state index contributed by atoms with van der Waals surface area (Å²) in [7, 11) is 0. The highest BCUT2D eigenvalue weighted by molar-refractivity contribution is 5.79. The van der Waals surface area contributed by atoms with Gasteiger partial charge in [0, 0.05) is 32.1 Å². The van der Waals surface area contributed by atoms with Gasteiger partial charge in [-0.3, -0.25) is 14.5 Å². The number of aliphatic carboxylic acids is 1. The van der Waals surface area contributed by atoms with Crippen LogP contribution in [-0.2, 0) is 14.3 Å². The number of rotatable bonds is 14. The molecule has 4 rings (SSSR count). The maximum absolute atomic E-state index is 13.7. The molecule has 0 spiro atoms. The number of carboxylic acid groups (broad SMARTS) is 1. The normalized spacial score (nSPS) is 29.2. The molecule has 7 nitrogen and oxygen atoms in total. The third kappa shape index (κ3) is 7.97. The molecular weight excluding hydrogens is 502 g/mol. The van der Waals surface area contributed by atoms with Gasteiger partial charge in [-0.2, -0.15) is 0 Å². The van der Waals surface area contributed by atoms with Gasteiger partial charge < -0.3 is 20.5 Å². The number of allylic oxidation sites excluding steroid dienone is 9. The number of hydrogen-bond acceptors (Lipinski definition) is 5. The molecule has 0 aromatic rings. The molecular formula is C33H49N3O4. The molecule has 2 saturated heterocycles. The third-order valence-electron chi connectivity index (χ3n) is 9.00. The number of ether oxygens (including phenoxy) is 1. The molecule has 0 aromatic carbocycles. The molecule has 2 aliphatic carbocycles. The van der Waals surface area contributed by atoms with Crippen molar-refractivity contribution in [2.24, 2.45) is 23.5 Å². The Bertz CT molecular complexity index is 1030. The van der Waals surface area contributed by atoms with Crippen LogP contribution in [0.5, 0.6) is 0 Å². The summed E-state index contributed by atoms with van der Waals surface area (Å²) in [5.41, 5.74) is 8.29. The van der Waals surface area contributed by atoms with Crippen molar-refractivity contribution in [3.63, 3.8) is 0 Å². The Labute approximate surface area is 240 Å². The molecule has 1 amide bonds. The summed E-state index contributed by atoms with van der Waals surface area (Å²) >= 11 is 0. The Morgan fingerprint density at radius 1 is 1.15 bits per heavy atom. The van der Waals surface area contributed by atoms with Crippen molar-refractivity contribution in [1.82, 2.24) is 9.80 Å². The maximum atomic E-state index is 13.7. The molecule has 7 heteroatoms. The van der Waals surface area contributed by atoms with Crippen LogP contribution < -0.4 is 5.73 Å². The molecule has 4 aliphatic rings. The lowest BCUT2D eigenvalue weighted by molar-refractivity contribution is -0.145. The van der Waals surface area contributed by atoms with Gasteiger partial charge in [-0.25, -0.2) is 0 Å². The van der Waals surface area contributed by atoms with Crippen LogP contribution in [0.25, 0.3) is 0 Å². The number of nitrogens with two attached hydrogens (primary N) is 1. The zero-order chi connectivity index (χ0) is 28.3. The van der Waals surface area contributed by atoms with Gasteiger partial charge in [0.1, 0.15) is 5.76 Å². The van der Waals surface area contributed by atoms with Gasteiger partial charge >= 0.3 is 5.97 Å². The lowest BCUT2D eigenvalue weighted by atomic mass is 9.76. The van der Waals surface area contributed by atoms with Crippen molar-refractivity contribution in [3.8, 4) is 0 Å². The van der Waals surface area contributed by atoms with E-state index in [-0.39, 0.29) is 30.3 Å². The van der Waals surface area contributed by atoms with Crippen LogP contribution in [0.15, 0.2) is 59.4 Å². The van der Waals surface area contributed by atoms with Crippen LogP contribution in [0.2, 0.25) is 0 Å². The van der Waals surface area contributed by atoms with Crippen molar-refractivity contribution in [2.75, 3.05) is 39.3 Å². The summed E-state index contributed by atoms with van der Waals surface area (Å²) in [6, 6.07) is -0.169. The molecule has 220 valence electrons. The highest BCUT2D eigenvalue weighted by Crippen LogP contribution is 2.43. The van der Waals surface area contributed by atoms with Gasteiger partial charge in [-0.05, 0) is 81.4 Å². The number of carbonyl (C=O) groups excluding carboxylic acids is 1. The Morgan fingerprint density at radius 2 is 2.00 bits per heavy atom. The summed E-state index contributed by atoms with van der Waals surface area (Å²) in [4.78, 5) is 30.8. The van der Waals surface area contributed by atoms with E-state index < -0.39 is 11.9 Å². The largest absolute Gasteiger partial charge is 0.493 e. The SMILES string of the molecule is CCCCN(CCCCN)C(=O)CN1C[C@H](C2C=C3CCOC3=CC2)[C@@H](C(=O)O)[C@@H]1CC/C1=C/C=C\C=C/CC1. The second-order valence-electron chi connectivity index (χ2n) is 11.7. The summed E-state index contributed by atoms with van der Waals surface area (Å²) in [6.45, 7) is 5.87. The van der Waals surface area contributed by atoms with E-state index in [4.69, 9.17) is 10.5 Å². The monoisotopic (exact) mass is 551 g/mol. The molecule has 4 atom stereocenters. The lowest BCUT2D eigenvalue weighted by Gasteiger charge is -2.30. The number of likely N-dealkylation sites (tertiary alicyclic amines) is 1. The molecule has 2 fully saturated rings. The van der Waals surface area contributed by atoms with Gasteiger partial charge in [-0.15, -0.1) is 0 Å². The maximum Gasteiger partial charge on any atom is 0.308 e. The van der Waals surface area contributed by atoms with Crippen LogP contribution >= 0.6 is 0 Å². The average molecular weight is 552 g/mol. The quantitative estimate of drug-likeness (QED) is 0.288. The van der Waals surface area contributed by atoms with Crippen LogP contribution in [0.3, 0.4) is 0 Å². The Kier molecular flexibility index (Phi) is 11.7. The minimum Gasteiger partial charge on any atom is -0.493 e. The molecule has 2 aliphatic heterocycles. The molecule has 0 radical (unpaired) electrons. The van der Waals surface area contributed by atoms with E-state index in [1.165, 1.54) is 11.1 Å². The average Bonchev–Trinajstić information content (AvgIpc) is 3.54. The smallest absolute Gasteiger partial charge is 0.308 e. The van der Waals surface area contributed by atoms with Crippen LogP contribution in [0, 0.1) is 17.8 Å². The molecule has 1 unspecified atom stereocenters. The minimum absolute atomic E-state index is 0.0309. The van der Waals surface area contributed by atoms with E-state index in [1.807, 2.05) is 4.90 Å². The van der Waals surface area contributed by atoms with E-state index in [9.17, 15) is 14.7 Å². The third-order valence-corrected chi connectivity index (χ3v) is 9.00. The van der Waals surface area contributed by atoms with Crippen molar-refractivity contribution < 1.29 is 19.4 Å². The van der Waals surface area contributed by atoms with E-state index >= 15 is 0 Å². The topological polar surface area (TPSA) is 96.1 Å². The standard InChI is InChI=1S/C33H49N3O4/c1-2-3-19-35(20-10-9-18-34)31(37)24-36-23-28(26-14-16-30-27(22-26)17-21-40-30)32(33(38)39)29(36)15-13-25-11-7-5-4-6-8-12-25/h4-7,11,16,22,26,28-29,32H,2-3,8-10,12-15,17-21,23-24,34H2,1H3,(H,38,39)/b6-4-,7-5-,25-11+/t26?,28-,29+,32-/m1/s1. The first-order chi connectivity index (χ1) is 19.5. The fourth-order valence-corrected chi connectivity index (χ4v) is 6.79. The molecule has 3 N–H and O–H groups in total. The summed E-state index contributed by atoms with van der Waals surface area (Å²) in [5.74, 6) is -0.0203. The zero-order valence-electron chi connectivity index (χ0n) is 24.3. The summed E-state index contributed by atoms with van der Waals surface area (Å²) < 4.78 is 5.75. The first-order valence-electron chi connectivity index (χ1n) is 15.5. The fraction of sp³-hybridized carbons (Fsp3) is 0.636. The highest BCUT2D eigenvalue weighted by atomic mass is 16.5. The first-order valence-corrected chi connectivity index (χ1v) is 15.5. The Hall–Kier alpha value is -2.64. The second kappa shape index (κ2) is 15.4. The molecule has 40 heavy (non-hydrogen) atoms. The van der Waals surface area contributed by atoms with Gasteiger partial charge in [0.2, 0.25) is 5.91 Å². The predicted molar refractivity (Wildman–Crippen MR) is 159 cm³/mol. The highest BCUT2D eigenvalue weighted by Gasteiger charge is 2.49. The number of carboxylic acids is 1. The van der Waals surface area contributed by atoms with Crippen LogP contribution in [0.1, 0.15) is 71.1 Å². The van der Waals surface area contributed by atoms with E-state index in [0.717, 1.165) is 83.1 Å². The first kappa shape index (κ1) is 30.3. The minimum atomic E-state index is -0.735. The van der Waals surface area contributed by atoms with Crippen molar-refractivity contribution >= 4 is 11.9 Å². The summed E-state index contributed by atoms with van der Waals surface area (Å²) in [6.07, 6.45) is 24.1. The number of carbonyl (C=O) groups is 2. The lowest BCUT2D eigenvalue weighted by Crippen LogP contribution is -2.44. The predicted octanol–water partition coefficient (Wildman–Crippen LogP) is 5.22. The number of fused-ring (bicyclic) bond motifs is 1. The van der Waals surface area contributed by atoms with Crippen molar-refractivity contribution in [3.05, 3.63) is 59.4 Å². The van der Waals surface area contributed by atoms with Gasteiger partial charge in [0.05, 0.1) is 19.1 Å². The number of unbranched alkanes of at least 4 members (excludes halogenated alkanes) is 2. The van der Waals surface area contributed by atoms with E-state index in [2.05, 4.69) is 54.4 Å². The van der Waals surface area contributed by atoms with Crippen LogP contribution in [-0.4, -0.2) is 72.2 Å². The summed E-state index contributed by atoms with van der Waals surface area (Å²) in [5, 5.41) is 10.6. The van der Waals surface area contributed by atoms with Crippen molar-refractivity contribution in [1.29, 1.82) is 0 Å². The number of amides is 1. The number of nitrogens with zero attached hydrogens (tertiary/aromatic N) is 2. The molecule has 0 aromatic heterocycles. The number of hydrogen-bond donors (Lipinski definition) is 2. The van der Waals surface area contributed by atoms with Gasteiger partial charge in [0.15, 0.2) is 0 Å². The second-order valence-corrected chi connectivity index (χ2v) is 11.7. The molecule has 2 heterocycles. The van der Waals surface area contributed by atoms with Gasteiger partial charge in [0.25, 0.3) is 0 Å². The van der Waals surface area contributed by atoms with E-state index in [0.29, 0.717) is 19.7 Å². The zero-order valence-corrected chi connectivity index (χ0v) is 24.3.